The summed E-state index contributed by atoms with van der Waals surface area (Å²) in [5.41, 5.74) is 2.32. The van der Waals surface area contributed by atoms with E-state index < -0.39 is 10.0 Å². The topological polar surface area (TPSA) is 84.3 Å². The highest BCUT2D eigenvalue weighted by Crippen LogP contribution is 2.27. The van der Waals surface area contributed by atoms with E-state index in [-0.39, 0.29) is 21.4 Å². The van der Waals surface area contributed by atoms with Crippen molar-refractivity contribution in [2.45, 2.75) is 37.0 Å². The quantitative estimate of drug-likeness (QED) is 0.545. The summed E-state index contributed by atoms with van der Waals surface area (Å²) in [6.45, 7) is 1.39. The Morgan fingerprint density at radius 3 is 2.42 bits per heavy atom. The molecule has 1 N–H and O–H groups in total. The van der Waals surface area contributed by atoms with Crippen LogP contribution in [-0.2, 0) is 16.4 Å². The summed E-state index contributed by atoms with van der Waals surface area (Å²) in [6, 6.07) is 14.2. The van der Waals surface area contributed by atoms with Crippen LogP contribution in [0.5, 0.6) is 0 Å². The van der Waals surface area contributed by atoms with Gasteiger partial charge in [-0.25, -0.2) is 13.1 Å². The van der Waals surface area contributed by atoms with Gasteiger partial charge in [0, 0.05) is 37.6 Å². The van der Waals surface area contributed by atoms with Crippen LogP contribution in [0.3, 0.4) is 0 Å². The summed E-state index contributed by atoms with van der Waals surface area (Å²) < 4.78 is 29.6. The second-order valence-corrected chi connectivity index (χ2v) is 10.4. The number of nitrogens with zero attached hydrogens (tertiary/aromatic N) is 3. The number of sulfonamides is 1. The van der Waals surface area contributed by atoms with Crippen LogP contribution < -0.4 is 5.32 Å². The van der Waals surface area contributed by atoms with Crippen molar-refractivity contribution in [1.82, 2.24) is 19.4 Å². The number of carbonyl (C=O) groups is 1. The molecule has 2 heterocycles. The van der Waals surface area contributed by atoms with E-state index in [1.165, 1.54) is 16.4 Å². The number of rotatable bonds is 7. The van der Waals surface area contributed by atoms with Crippen molar-refractivity contribution in [3.05, 3.63) is 77.1 Å². The number of halogens is 1. The molecule has 1 aliphatic heterocycles. The number of carbonyl (C=O) groups excluding carboxylic acids is 1. The Kier molecular flexibility index (Phi) is 7.47. The number of hydrogen-bond donors (Lipinski definition) is 1. The average molecular weight is 487 g/mol. The summed E-state index contributed by atoms with van der Waals surface area (Å²) in [4.78, 5) is 12.7. The molecule has 1 saturated heterocycles. The second-order valence-electron chi connectivity index (χ2n) is 8.09. The zero-order valence-electron chi connectivity index (χ0n) is 18.3. The van der Waals surface area contributed by atoms with Crippen molar-refractivity contribution in [2.75, 3.05) is 19.6 Å². The van der Waals surface area contributed by atoms with Gasteiger partial charge in [-0.15, -0.1) is 0 Å². The fourth-order valence-electron chi connectivity index (χ4n) is 3.92. The molecule has 9 heteroatoms. The van der Waals surface area contributed by atoms with Crippen LogP contribution in [0.25, 0.3) is 5.69 Å². The monoisotopic (exact) mass is 486 g/mol. The van der Waals surface area contributed by atoms with Crippen LogP contribution >= 0.6 is 11.6 Å². The normalized spacial score (nSPS) is 15.2. The maximum Gasteiger partial charge on any atom is 0.251 e. The molecule has 0 saturated carbocycles. The zero-order chi connectivity index (χ0) is 23.3. The van der Waals surface area contributed by atoms with Gasteiger partial charge in [-0.05, 0) is 61.2 Å². The van der Waals surface area contributed by atoms with Crippen molar-refractivity contribution >= 4 is 27.5 Å². The van der Waals surface area contributed by atoms with E-state index in [4.69, 9.17) is 11.6 Å². The Balaban J connectivity index is 1.39. The minimum absolute atomic E-state index is 0.00655. The molecule has 4 rings (SSSR count). The lowest BCUT2D eigenvalue weighted by atomic mass is 10.1. The Bertz CT molecular complexity index is 1190. The van der Waals surface area contributed by atoms with E-state index >= 15 is 0 Å². The third-order valence-electron chi connectivity index (χ3n) is 5.78. The van der Waals surface area contributed by atoms with Gasteiger partial charge in [0.15, 0.2) is 0 Å². The minimum atomic E-state index is -3.74. The Morgan fingerprint density at radius 2 is 1.76 bits per heavy atom. The van der Waals surface area contributed by atoms with Gasteiger partial charge in [0.25, 0.3) is 5.91 Å². The molecule has 0 bridgehead atoms. The molecule has 0 atom stereocenters. The molecule has 0 radical (unpaired) electrons. The van der Waals surface area contributed by atoms with Crippen LogP contribution in [0.4, 0.5) is 0 Å². The minimum Gasteiger partial charge on any atom is -0.352 e. The highest BCUT2D eigenvalue weighted by molar-refractivity contribution is 7.89. The predicted molar refractivity (Wildman–Crippen MR) is 128 cm³/mol. The molecule has 0 spiro atoms. The lowest BCUT2D eigenvalue weighted by Gasteiger charge is -2.21. The number of amides is 1. The van der Waals surface area contributed by atoms with Crippen LogP contribution in [0.1, 0.15) is 41.6 Å². The van der Waals surface area contributed by atoms with Gasteiger partial charge in [-0.2, -0.15) is 9.40 Å². The Hall–Kier alpha value is -2.68. The zero-order valence-corrected chi connectivity index (χ0v) is 19.9. The van der Waals surface area contributed by atoms with Gasteiger partial charge >= 0.3 is 0 Å². The second kappa shape index (κ2) is 10.5. The molecule has 2 aromatic carbocycles. The predicted octanol–water partition coefficient (Wildman–Crippen LogP) is 4.06. The molecule has 1 fully saturated rings. The SMILES string of the molecule is O=C(NCCc1ccc(-n2cccn2)cc1)c1ccc(Cl)c(S(=O)(=O)N2CCCCCC2)c1. The van der Waals surface area contributed by atoms with Crippen molar-refractivity contribution in [3.8, 4) is 5.69 Å². The van der Waals surface area contributed by atoms with Crippen molar-refractivity contribution in [3.63, 3.8) is 0 Å². The highest BCUT2D eigenvalue weighted by atomic mass is 35.5. The Morgan fingerprint density at radius 1 is 1.03 bits per heavy atom. The van der Waals surface area contributed by atoms with E-state index in [0.29, 0.717) is 26.1 Å². The first-order valence-corrected chi connectivity index (χ1v) is 12.9. The number of hydrogen-bond acceptors (Lipinski definition) is 4. The average Bonchev–Trinajstić information content (AvgIpc) is 3.21. The smallest absolute Gasteiger partial charge is 0.251 e. The highest BCUT2D eigenvalue weighted by Gasteiger charge is 2.28. The van der Waals surface area contributed by atoms with E-state index in [0.717, 1.165) is 36.9 Å². The molecule has 1 aromatic heterocycles. The third-order valence-corrected chi connectivity index (χ3v) is 8.16. The lowest BCUT2D eigenvalue weighted by molar-refractivity contribution is 0.0954. The van der Waals surface area contributed by atoms with E-state index in [2.05, 4.69) is 10.4 Å². The molecular weight excluding hydrogens is 460 g/mol. The molecule has 1 aliphatic rings. The molecule has 0 aliphatic carbocycles. The fourth-order valence-corrected chi connectivity index (χ4v) is 5.94. The third kappa shape index (κ3) is 5.63. The lowest BCUT2D eigenvalue weighted by Crippen LogP contribution is -2.32. The number of aromatic nitrogens is 2. The van der Waals surface area contributed by atoms with Gasteiger partial charge in [0.2, 0.25) is 10.0 Å². The summed E-state index contributed by atoms with van der Waals surface area (Å²) >= 11 is 6.24. The summed E-state index contributed by atoms with van der Waals surface area (Å²) in [6.07, 6.45) is 7.97. The molecule has 1 amide bonds. The number of nitrogens with one attached hydrogen (secondary N) is 1. The van der Waals surface area contributed by atoms with Gasteiger partial charge in [-0.3, -0.25) is 4.79 Å². The summed E-state index contributed by atoms with van der Waals surface area (Å²) in [5.74, 6) is -0.327. The van der Waals surface area contributed by atoms with Gasteiger partial charge in [-0.1, -0.05) is 36.6 Å². The molecule has 7 nitrogen and oxygen atoms in total. The first-order valence-electron chi connectivity index (χ1n) is 11.1. The van der Waals surface area contributed by atoms with Crippen molar-refractivity contribution in [2.24, 2.45) is 0 Å². The maximum absolute atomic E-state index is 13.2. The van der Waals surface area contributed by atoms with Gasteiger partial charge in [0.05, 0.1) is 10.7 Å². The van der Waals surface area contributed by atoms with E-state index in [1.807, 2.05) is 36.5 Å². The van der Waals surface area contributed by atoms with Crippen LogP contribution in [-0.4, -0.2) is 48.0 Å². The molecule has 3 aromatic rings. The van der Waals surface area contributed by atoms with Crippen molar-refractivity contribution in [1.29, 1.82) is 0 Å². The summed E-state index contributed by atoms with van der Waals surface area (Å²) in [7, 11) is -3.74. The first-order chi connectivity index (χ1) is 15.9. The fraction of sp³-hybridized carbons (Fsp3) is 0.333. The molecule has 0 unspecified atom stereocenters. The van der Waals surface area contributed by atoms with Gasteiger partial charge < -0.3 is 5.32 Å². The molecular formula is C24H27ClN4O3S. The first kappa shape index (κ1) is 23.5. The standard InChI is InChI=1S/C24H27ClN4O3S/c25-22-11-8-20(18-23(22)33(31,32)28-15-3-1-2-4-16-28)24(30)26-14-12-19-6-9-21(10-7-19)29-17-5-13-27-29/h5-11,13,17-18H,1-4,12,14-16H2,(H,26,30). The number of benzene rings is 2. The van der Waals surface area contributed by atoms with Crippen LogP contribution in [0, 0.1) is 0 Å². The Labute approximate surface area is 199 Å². The van der Waals surface area contributed by atoms with E-state index in [1.54, 1.807) is 16.9 Å². The maximum atomic E-state index is 13.2. The molecule has 33 heavy (non-hydrogen) atoms. The van der Waals surface area contributed by atoms with Crippen LogP contribution in [0.15, 0.2) is 65.8 Å². The van der Waals surface area contributed by atoms with Gasteiger partial charge in [0.1, 0.15) is 4.90 Å². The largest absolute Gasteiger partial charge is 0.352 e. The summed E-state index contributed by atoms with van der Waals surface area (Å²) in [5, 5.41) is 7.21. The van der Waals surface area contributed by atoms with Crippen molar-refractivity contribution < 1.29 is 13.2 Å². The van der Waals surface area contributed by atoms with Crippen LogP contribution in [0.2, 0.25) is 5.02 Å². The van der Waals surface area contributed by atoms with E-state index in [9.17, 15) is 13.2 Å². The molecule has 174 valence electrons.